The minimum Gasteiger partial charge on any atom is -0.507 e. The van der Waals surface area contributed by atoms with E-state index in [1.54, 1.807) is 12.1 Å². The molecule has 4 rings (SSSR count). The average molecular weight is 598 g/mol. The summed E-state index contributed by atoms with van der Waals surface area (Å²) in [5, 5.41) is 13.4. The molecule has 0 radical (unpaired) electrons. The Labute approximate surface area is 250 Å². The molecule has 0 heterocycles. The molecule has 41 heavy (non-hydrogen) atoms. The van der Waals surface area contributed by atoms with Crippen molar-refractivity contribution in [1.29, 1.82) is 0 Å². The Morgan fingerprint density at radius 3 is 2.22 bits per heavy atom. The molecule has 4 aromatic rings. The molecule has 0 saturated carbocycles. The number of phenols is 1. The lowest BCUT2D eigenvalue weighted by Crippen LogP contribution is -2.08. The fraction of sp³-hybridized carbons (Fsp3) is 0.303. The van der Waals surface area contributed by atoms with Gasteiger partial charge in [-0.15, -0.1) is 0 Å². The lowest BCUT2D eigenvalue weighted by atomic mass is 10.0. The highest BCUT2D eigenvalue weighted by Crippen LogP contribution is 2.47. The quantitative estimate of drug-likeness (QED) is 0.123. The van der Waals surface area contributed by atoms with Gasteiger partial charge in [0, 0.05) is 16.3 Å². The second kappa shape index (κ2) is 14.3. The zero-order valence-corrected chi connectivity index (χ0v) is 25.0. The summed E-state index contributed by atoms with van der Waals surface area (Å²) in [5.74, 6) is 0.766. The van der Waals surface area contributed by atoms with Crippen molar-refractivity contribution in [3.63, 3.8) is 0 Å². The number of methoxy groups -OCH3 is 2. The molecule has 0 bridgehead atoms. The molecule has 0 aliphatic carbocycles. The predicted molar refractivity (Wildman–Crippen MR) is 163 cm³/mol. The Kier molecular flexibility index (Phi) is 10.6. The van der Waals surface area contributed by atoms with E-state index in [0.717, 1.165) is 47.6 Å². The Hall–Kier alpha value is -3.61. The van der Waals surface area contributed by atoms with Gasteiger partial charge < -0.3 is 24.1 Å². The summed E-state index contributed by atoms with van der Waals surface area (Å²) >= 11 is 13.2. The van der Waals surface area contributed by atoms with Crippen LogP contribution in [-0.2, 0) is 24.2 Å². The number of halogens is 2. The van der Waals surface area contributed by atoms with E-state index in [1.807, 2.05) is 55.5 Å². The van der Waals surface area contributed by atoms with Crippen molar-refractivity contribution in [1.82, 2.24) is 0 Å². The van der Waals surface area contributed by atoms with Crippen molar-refractivity contribution in [2.75, 3.05) is 20.8 Å². The number of phenolic OH excluding ortho intramolecular Hbond substituents is 1. The minimum absolute atomic E-state index is 0.0822. The first-order chi connectivity index (χ1) is 19.9. The molecule has 0 aliphatic rings. The van der Waals surface area contributed by atoms with Gasteiger partial charge in [-0.05, 0) is 55.0 Å². The van der Waals surface area contributed by atoms with Crippen LogP contribution in [0.15, 0.2) is 60.7 Å². The number of hydrogen-bond donors (Lipinski definition) is 1. The molecule has 4 aromatic carbocycles. The standard InChI is InChI=1S/C33H34Cl2O6/c1-4-10-24-27(17-16-25(30(24)36)33(37)41-20-22-12-6-5-7-13-22)40-18-9-8-11-21-14-15-23-26(19-21)29(35)32(39-3)31(38-2)28(23)34/h5-7,12-17,19,36H,4,8-11,18,20H2,1-3H3. The molecule has 0 fully saturated rings. The van der Waals surface area contributed by atoms with Crippen LogP contribution in [0.3, 0.4) is 0 Å². The van der Waals surface area contributed by atoms with Crippen molar-refractivity contribution in [3.8, 4) is 23.0 Å². The number of esters is 1. The molecule has 216 valence electrons. The second-order valence-corrected chi connectivity index (χ2v) is 10.4. The van der Waals surface area contributed by atoms with E-state index in [9.17, 15) is 9.90 Å². The predicted octanol–water partition coefficient (Wildman–Crippen LogP) is 8.58. The third kappa shape index (κ3) is 7.00. The van der Waals surface area contributed by atoms with Crippen molar-refractivity contribution in [2.45, 2.75) is 45.6 Å². The number of aryl methyl sites for hydroxylation is 1. The molecule has 0 unspecified atom stereocenters. The molecule has 8 heteroatoms. The Balaban J connectivity index is 1.37. The summed E-state index contributed by atoms with van der Waals surface area (Å²) in [6.07, 6.45) is 3.86. The first kappa shape index (κ1) is 30.4. The van der Waals surface area contributed by atoms with E-state index in [-0.39, 0.29) is 17.9 Å². The van der Waals surface area contributed by atoms with Gasteiger partial charge in [-0.3, -0.25) is 0 Å². The van der Waals surface area contributed by atoms with Gasteiger partial charge >= 0.3 is 5.97 Å². The first-order valence-electron chi connectivity index (χ1n) is 13.6. The van der Waals surface area contributed by atoms with Crippen LogP contribution in [0.1, 0.15) is 53.2 Å². The first-order valence-corrected chi connectivity index (χ1v) is 14.3. The fourth-order valence-corrected chi connectivity index (χ4v) is 5.40. The zero-order valence-electron chi connectivity index (χ0n) is 23.5. The average Bonchev–Trinajstić information content (AvgIpc) is 2.99. The van der Waals surface area contributed by atoms with Crippen LogP contribution in [0.2, 0.25) is 10.0 Å². The molecule has 0 saturated heterocycles. The number of ether oxygens (including phenoxy) is 4. The lowest BCUT2D eigenvalue weighted by molar-refractivity contribution is 0.0469. The zero-order chi connectivity index (χ0) is 29.4. The van der Waals surface area contributed by atoms with Crippen LogP contribution in [0.4, 0.5) is 0 Å². The third-order valence-electron chi connectivity index (χ3n) is 6.86. The monoisotopic (exact) mass is 596 g/mol. The number of rotatable bonds is 13. The van der Waals surface area contributed by atoms with Crippen LogP contribution in [0.5, 0.6) is 23.0 Å². The maximum Gasteiger partial charge on any atom is 0.342 e. The number of benzene rings is 4. The summed E-state index contributed by atoms with van der Waals surface area (Å²) in [5.41, 5.74) is 2.75. The molecule has 6 nitrogen and oxygen atoms in total. The van der Waals surface area contributed by atoms with E-state index in [4.69, 9.17) is 42.1 Å². The summed E-state index contributed by atoms with van der Waals surface area (Å²) in [7, 11) is 3.07. The molecule has 0 atom stereocenters. The lowest BCUT2D eigenvalue weighted by Gasteiger charge is -2.16. The minimum atomic E-state index is -0.567. The molecule has 0 spiro atoms. The van der Waals surface area contributed by atoms with Gasteiger partial charge in [0.15, 0.2) is 11.5 Å². The van der Waals surface area contributed by atoms with Crippen molar-refractivity contribution in [3.05, 3.63) is 93.0 Å². The van der Waals surface area contributed by atoms with Crippen molar-refractivity contribution in [2.24, 2.45) is 0 Å². The van der Waals surface area contributed by atoms with E-state index < -0.39 is 5.97 Å². The van der Waals surface area contributed by atoms with Gasteiger partial charge in [-0.25, -0.2) is 4.79 Å². The third-order valence-corrected chi connectivity index (χ3v) is 7.61. The van der Waals surface area contributed by atoms with Gasteiger partial charge in [-0.1, -0.05) is 79.0 Å². The van der Waals surface area contributed by atoms with Gasteiger partial charge in [0.2, 0.25) is 0 Å². The maximum atomic E-state index is 12.7. The van der Waals surface area contributed by atoms with Crippen molar-refractivity contribution < 1.29 is 28.8 Å². The Bertz CT molecular complexity index is 1500. The summed E-state index contributed by atoms with van der Waals surface area (Å²) < 4.78 is 22.3. The highest BCUT2D eigenvalue weighted by molar-refractivity contribution is 6.43. The van der Waals surface area contributed by atoms with E-state index >= 15 is 0 Å². The number of hydrogen-bond acceptors (Lipinski definition) is 6. The molecule has 0 aliphatic heterocycles. The number of carbonyl (C=O) groups excluding carboxylic acids is 1. The van der Waals surface area contributed by atoms with Gasteiger partial charge in [-0.2, -0.15) is 0 Å². The number of fused-ring (bicyclic) bond motifs is 1. The van der Waals surface area contributed by atoms with Crippen LogP contribution < -0.4 is 14.2 Å². The molecule has 0 amide bonds. The maximum absolute atomic E-state index is 12.7. The van der Waals surface area contributed by atoms with Crippen LogP contribution >= 0.6 is 23.2 Å². The van der Waals surface area contributed by atoms with Crippen LogP contribution in [-0.4, -0.2) is 31.9 Å². The Morgan fingerprint density at radius 2 is 1.54 bits per heavy atom. The highest BCUT2D eigenvalue weighted by Gasteiger charge is 2.21. The number of aromatic hydroxyl groups is 1. The molecule has 1 N–H and O–H groups in total. The largest absolute Gasteiger partial charge is 0.507 e. The van der Waals surface area contributed by atoms with Crippen molar-refractivity contribution >= 4 is 39.9 Å². The van der Waals surface area contributed by atoms with Gasteiger partial charge in [0.25, 0.3) is 0 Å². The van der Waals surface area contributed by atoms with Crippen LogP contribution in [0, 0.1) is 0 Å². The van der Waals surface area contributed by atoms with E-state index in [0.29, 0.717) is 45.9 Å². The summed E-state index contributed by atoms with van der Waals surface area (Å²) in [6.45, 7) is 2.62. The molecule has 0 aromatic heterocycles. The number of unbranched alkanes of at least 4 members (excludes halogenated alkanes) is 1. The van der Waals surface area contributed by atoms with Gasteiger partial charge in [0.1, 0.15) is 23.7 Å². The second-order valence-electron chi connectivity index (χ2n) is 9.63. The summed E-state index contributed by atoms with van der Waals surface area (Å²) in [6, 6.07) is 18.7. The van der Waals surface area contributed by atoms with E-state index in [2.05, 4.69) is 0 Å². The Morgan fingerprint density at radius 1 is 0.829 bits per heavy atom. The normalized spacial score (nSPS) is 11.0. The SMILES string of the molecule is CCCc1c(OCCCCc2ccc3c(Cl)c(OC)c(OC)c(Cl)c3c2)ccc(C(=O)OCc2ccccc2)c1O. The topological polar surface area (TPSA) is 74.2 Å². The van der Waals surface area contributed by atoms with Gasteiger partial charge in [0.05, 0.1) is 30.9 Å². The molecular weight excluding hydrogens is 563 g/mol. The number of carbonyl (C=O) groups is 1. The van der Waals surface area contributed by atoms with E-state index in [1.165, 1.54) is 14.2 Å². The summed E-state index contributed by atoms with van der Waals surface area (Å²) in [4.78, 5) is 12.7. The molecular formula is C33H34Cl2O6. The smallest absolute Gasteiger partial charge is 0.342 e. The fourth-order valence-electron chi connectivity index (χ4n) is 4.75. The highest BCUT2D eigenvalue weighted by atomic mass is 35.5. The van der Waals surface area contributed by atoms with Crippen LogP contribution in [0.25, 0.3) is 10.8 Å².